The molecule has 3 aromatic rings. The van der Waals surface area contributed by atoms with Crippen LogP contribution in [-0.2, 0) is 0 Å². The third-order valence-corrected chi connectivity index (χ3v) is 3.95. The van der Waals surface area contributed by atoms with Crippen LogP contribution in [0.5, 0.6) is 0 Å². The molecule has 1 aromatic heterocycles. The topological polar surface area (TPSA) is 70.9 Å². The second-order valence-electron chi connectivity index (χ2n) is 4.55. The van der Waals surface area contributed by atoms with Gasteiger partial charge in [0.1, 0.15) is 5.69 Å². The van der Waals surface area contributed by atoms with E-state index >= 15 is 0 Å². The van der Waals surface area contributed by atoms with Crippen molar-refractivity contribution in [1.29, 1.82) is 0 Å². The fourth-order valence-corrected chi connectivity index (χ4v) is 2.44. The second kappa shape index (κ2) is 5.31. The molecule has 0 fully saturated rings. The molecule has 0 aliphatic heterocycles. The van der Waals surface area contributed by atoms with Gasteiger partial charge in [0.2, 0.25) is 0 Å². The van der Waals surface area contributed by atoms with Crippen molar-refractivity contribution in [2.75, 3.05) is 11.1 Å². The van der Waals surface area contributed by atoms with Gasteiger partial charge < -0.3 is 16.0 Å². The average Bonchev–Trinajstić information content (AvgIpc) is 2.89. The van der Waals surface area contributed by atoms with E-state index in [0.717, 1.165) is 10.9 Å². The highest BCUT2D eigenvalue weighted by Gasteiger charge is 2.13. The van der Waals surface area contributed by atoms with Gasteiger partial charge in [0.05, 0.1) is 26.9 Å². The minimum atomic E-state index is -0.310. The molecule has 4 N–H and O–H groups in total. The van der Waals surface area contributed by atoms with E-state index in [1.54, 1.807) is 30.3 Å². The maximum Gasteiger partial charge on any atom is 0.272 e. The van der Waals surface area contributed by atoms with Gasteiger partial charge in [0, 0.05) is 5.39 Å². The zero-order chi connectivity index (χ0) is 15.0. The first kappa shape index (κ1) is 13.8. The molecular formula is C15H11Cl2N3O. The summed E-state index contributed by atoms with van der Waals surface area (Å²) in [7, 11) is 0. The third kappa shape index (κ3) is 2.55. The van der Waals surface area contributed by atoms with Crippen LogP contribution in [0.2, 0.25) is 10.0 Å². The highest BCUT2D eigenvalue weighted by atomic mass is 35.5. The van der Waals surface area contributed by atoms with Crippen LogP contribution in [-0.4, -0.2) is 10.9 Å². The number of nitrogens with one attached hydrogen (secondary N) is 2. The summed E-state index contributed by atoms with van der Waals surface area (Å²) in [4.78, 5) is 15.3. The number of carbonyl (C=O) groups excluding carboxylic acids is 1. The number of aromatic amines is 1. The van der Waals surface area contributed by atoms with Crippen molar-refractivity contribution in [3.05, 3.63) is 58.2 Å². The molecule has 4 nitrogen and oxygen atoms in total. The molecule has 3 rings (SSSR count). The molecule has 0 aliphatic carbocycles. The van der Waals surface area contributed by atoms with Crippen LogP contribution in [0.15, 0.2) is 42.5 Å². The van der Waals surface area contributed by atoms with E-state index < -0.39 is 0 Å². The standard InChI is InChI=1S/C15H11Cl2N3O/c16-9-4-2-6-11(13(9)17)20-15(21)12-7-8-3-1-5-10(18)14(8)19-12/h1-7,19H,18H2,(H,20,21). The summed E-state index contributed by atoms with van der Waals surface area (Å²) >= 11 is 12.0. The number of nitrogens with two attached hydrogens (primary N) is 1. The summed E-state index contributed by atoms with van der Waals surface area (Å²) in [6.45, 7) is 0. The monoisotopic (exact) mass is 319 g/mol. The summed E-state index contributed by atoms with van der Waals surface area (Å²) in [5.41, 5.74) is 8.05. The van der Waals surface area contributed by atoms with Gasteiger partial charge in [-0.2, -0.15) is 0 Å². The Hall–Kier alpha value is -2.17. The summed E-state index contributed by atoms with van der Waals surface area (Å²) in [5, 5.41) is 4.29. The van der Waals surface area contributed by atoms with Crippen LogP contribution >= 0.6 is 23.2 Å². The maximum atomic E-state index is 12.3. The highest BCUT2D eigenvalue weighted by Crippen LogP contribution is 2.30. The minimum absolute atomic E-state index is 0.308. The molecule has 21 heavy (non-hydrogen) atoms. The quantitative estimate of drug-likeness (QED) is 0.616. The van der Waals surface area contributed by atoms with Gasteiger partial charge in [0.15, 0.2) is 0 Å². The number of para-hydroxylation sites is 1. The van der Waals surface area contributed by atoms with E-state index in [2.05, 4.69) is 10.3 Å². The van der Waals surface area contributed by atoms with E-state index in [0.29, 0.717) is 27.1 Å². The van der Waals surface area contributed by atoms with Crippen molar-refractivity contribution in [3.63, 3.8) is 0 Å². The Balaban J connectivity index is 1.94. The molecule has 0 aliphatic rings. The SMILES string of the molecule is Nc1cccc2cc(C(=O)Nc3cccc(Cl)c3Cl)[nH]c12. The number of anilines is 2. The lowest BCUT2D eigenvalue weighted by Crippen LogP contribution is -2.12. The smallest absolute Gasteiger partial charge is 0.272 e. The predicted molar refractivity (Wildman–Crippen MR) is 87.1 cm³/mol. The first-order valence-electron chi connectivity index (χ1n) is 6.19. The number of hydrogen-bond acceptors (Lipinski definition) is 2. The number of carbonyl (C=O) groups is 1. The first-order valence-corrected chi connectivity index (χ1v) is 6.94. The van der Waals surface area contributed by atoms with Crippen molar-refractivity contribution in [3.8, 4) is 0 Å². The Morgan fingerprint density at radius 3 is 2.67 bits per heavy atom. The number of rotatable bonds is 2. The van der Waals surface area contributed by atoms with E-state index in [1.807, 2.05) is 12.1 Å². The van der Waals surface area contributed by atoms with Crippen LogP contribution in [0.1, 0.15) is 10.5 Å². The zero-order valence-electron chi connectivity index (χ0n) is 10.8. The molecule has 1 heterocycles. The third-order valence-electron chi connectivity index (χ3n) is 3.13. The number of fused-ring (bicyclic) bond motifs is 1. The van der Waals surface area contributed by atoms with Crippen LogP contribution in [0, 0.1) is 0 Å². The average molecular weight is 320 g/mol. The second-order valence-corrected chi connectivity index (χ2v) is 5.34. The van der Waals surface area contributed by atoms with E-state index in [9.17, 15) is 4.79 Å². The van der Waals surface area contributed by atoms with Crippen molar-refractivity contribution >= 4 is 51.4 Å². The van der Waals surface area contributed by atoms with Gasteiger partial charge in [-0.05, 0) is 24.3 Å². The lowest BCUT2D eigenvalue weighted by atomic mass is 10.2. The Morgan fingerprint density at radius 1 is 1.14 bits per heavy atom. The van der Waals surface area contributed by atoms with Crippen molar-refractivity contribution in [2.24, 2.45) is 0 Å². The first-order chi connectivity index (χ1) is 10.1. The number of amides is 1. The molecular weight excluding hydrogens is 309 g/mol. The van der Waals surface area contributed by atoms with Gasteiger partial charge in [-0.3, -0.25) is 4.79 Å². The summed E-state index contributed by atoms with van der Waals surface area (Å²) in [6.07, 6.45) is 0. The predicted octanol–water partition coefficient (Wildman–Crippen LogP) is 4.31. The lowest BCUT2D eigenvalue weighted by Gasteiger charge is -2.06. The molecule has 2 aromatic carbocycles. The largest absolute Gasteiger partial charge is 0.397 e. The van der Waals surface area contributed by atoms with Gasteiger partial charge in [-0.25, -0.2) is 0 Å². The zero-order valence-corrected chi connectivity index (χ0v) is 12.3. The van der Waals surface area contributed by atoms with Crippen LogP contribution in [0.3, 0.4) is 0 Å². The van der Waals surface area contributed by atoms with Gasteiger partial charge in [0.25, 0.3) is 5.91 Å². The van der Waals surface area contributed by atoms with E-state index in [-0.39, 0.29) is 5.91 Å². The number of aromatic nitrogens is 1. The van der Waals surface area contributed by atoms with Crippen molar-refractivity contribution in [1.82, 2.24) is 4.98 Å². The minimum Gasteiger partial charge on any atom is -0.397 e. The molecule has 0 spiro atoms. The Bertz CT molecular complexity index is 842. The van der Waals surface area contributed by atoms with Crippen LogP contribution in [0.25, 0.3) is 10.9 Å². The fraction of sp³-hybridized carbons (Fsp3) is 0. The van der Waals surface area contributed by atoms with Gasteiger partial charge >= 0.3 is 0 Å². The number of nitrogen functional groups attached to an aromatic ring is 1. The molecule has 0 unspecified atom stereocenters. The maximum absolute atomic E-state index is 12.3. The van der Waals surface area contributed by atoms with Crippen molar-refractivity contribution < 1.29 is 4.79 Å². The van der Waals surface area contributed by atoms with Gasteiger partial charge in [-0.15, -0.1) is 0 Å². The Morgan fingerprint density at radius 2 is 1.90 bits per heavy atom. The van der Waals surface area contributed by atoms with Gasteiger partial charge in [-0.1, -0.05) is 41.4 Å². The molecule has 0 radical (unpaired) electrons. The molecule has 0 atom stereocenters. The normalized spacial score (nSPS) is 10.8. The Labute approximate surface area is 130 Å². The summed E-state index contributed by atoms with van der Waals surface area (Å²) in [5.74, 6) is -0.310. The Kier molecular flexibility index (Phi) is 3.49. The number of hydrogen-bond donors (Lipinski definition) is 3. The molecule has 6 heteroatoms. The number of H-pyrrole nitrogens is 1. The fourth-order valence-electron chi connectivity index (χ4n) is 2.09. The van der Waals surface area contributed by atoms with E-state index in [1.165, 1.54) is 0 Å². The number of halogens is 2. The summed E-state index contributed by atoms with van der Waals surface area (Å²) < 4.78 is 0. The number of benzene rings is 2. The van der Waals surface area contributed by atoms with E-state index in [4.69, 9.17) is 28.9 Å². The molecule has 106 valence electrons. The molecule has 0 saturated heterocycles. The highest BCUT2D eigenvalue weighted by molar-refractivity contribution is 6.44. The molecule has 0 saturated carbocycles. The molecule has 0 bridgehead atoms. The van der Waals surface area contributed by atoms with Crippen LogP contribution < -0.4 is 11.1 Å². The molecule has 1 amide bonds. The lowest BCUT2D eigenvalue weighted by molar-refractivity contribution is 0.102. The summed E-state index contributed by atoms with van der Waals surface area (Å²) in [6, 6.07) is 12.3. The van der Waals surface area contributed by atoms with Crippen LogP contribution in [0.4, 0.5) is 11.4 Å². The van der Waals surface area contributed by atoms with Crippen molar-refractivity contribution in [2.45, 2.75) is 0 Å².